The number of hydrogen-bond donors (Lipinski definition) is 1. The van der Waals surface area contributed by atoms with Gasteiger partial charge >= 0.3 is 12.0 Å². The number of carbonyl (C=O) groups excluding carboxylic acids is 2. The maximum atomic E-state index is 12.7. The molecular formula is C18H23ClN4O3. The molecule has 2 amide bonds. The zero-order valence-corrected chi connectivity index (χ0v) is 16.1. The summed E-state index contributed by atoms with van der Waals surface area (Å²) in [6.45, 7) is 5.14. The summed E-state index contributed by atoms with van der Waals surface area (Å²) in [6, 6.07) is 4.43. The van der Waals surface area contributed by atoms with Crippen LogP contribution in [0.15, 0.2) is 30.6 Å². The van der Waals surface area contributed by atoms with Crippen LogP contribution in [0.4, 0.5) is 10.5 Å². The van der Waals surface area contributed by atoms with E-state index in [2.05, 4.69) is 15.2 Å². The molecule has 1 heterocycles. The lowest BCUT2D eigenvalue weighted by Crippen LogP contribution is -2.37. The maximum absolute atomic E-state index is 12.7. The zero-order valence-electron chi connectivity index (χ0n) is 15.3. The van der Waals surface area contributed by atoms with Gasteiger partial charge in [0.1, 0.15) is 0 Å². The molecule has 2 aromatic rings. The quantitative estimate of drug-likeness (QED) is 0.780. The average molecular weight is 379 g/mol. The van der Waals surface area contributed by atoms with Crippen molar-refractivity contribution in [2.75, 3.05) is 19.0 Å². The summed E-state index contributed by atoms with van der Waals surface area (Å²) < 4.78 is 6.36. The average Bonchev–Trinajstić information content (AvgIpc) is 2.98. The molecular weight excluding hydrogens is 356 g/mol. The van der Waals surface area contributed by atoms with E-state index in [0.717, 1.165) is 5.56 Å². The Morgan fingerprint density at radius 1 is 1.38 bits per heavy atom. The van der Waals surface area contributed by atoms with Gasteiger partial charge in [-0.25, -0.2) is 9.59 Å². The molecule has 1 N–H and O–H groups in total. The number of carbonyl (C=O) groups is 2. The summed E-state index contributed by atoms with van der Waals surface area (Å²) in [5.74, 6) is -0.214. The second kappa shape index (κ2) is 8.71. The van der Waals surface area contributed by atoms with Gasteiger partial charge in [0.25, 0.3) is 0 Å². The van der Waals surface area contributed by atoms with Crippen molar-refractivity contribution in [3.05, 3.63) is 46.7 Å². The highest BCUT2D eigenvalue weighted by molar-refractivity contribution is 6.33. The van der Waals surface area contributed by atoms with Crippen molar-refractivity contribution in [3.8, 4) is 0 Å². The predicted octanol–water partition coefficient (Wildman–Crippen LogP) is 3.55. The van der Waals surface area contributed by atoms with Gasteiger partial charge in [0.05, 0.1) is 30.4 Å². The number of urea groups is 1. The first-order chi connectivity index (χ1) is 12.3. The van der Waals surface area contributed by atoms with Crippen molar-refractivity contribution < 1.29 is 14.3 Å². The number of anilines is 1. The number of ether oxygens (including phenoxy) is 1. The standard InChI is InChI=1S/C18H23ClN4O3/c1-12(2)9-23(11-13-8-20-22(3)10-13)18(25)21-14-5-6-15(16(19)7-14)17(24)26-4/h5-8,10,12H,9,11H2,1-4H3,(H,21,25). The molecule has 0 fully saturated rings. The van der Waals surface area contributed by atoms with E-state index < -0.39 is 5.97 Å². The highest BCUT2D eigenvalue weighted by atomic mass is 35.5. The number of nitrogens with zero attached hydrogens (tertiary/aromatic N) is 3. The molecule has 7 nitrogen and oxygen atoms in total. The number of rotatable bonds is 6. The highest BCUT2D eigenvalue weighted by Crippen LogP contribution is 2.22. The lowest BCUT2D eigenvalue weighted by atomic mass is 10.2. The molecule has 8 heteroatoms. The monoisotopic (exact) mass is 378 g/mol. The van der Waals surface area contributed by atoms with Crippen LogP contribution in [0, 0.1) is 5.92 Å². The molecule has 2 rings (SSSR count). The predicted molar refractivity (Wildman–Crippen MR) is 100 cm³/mol. The molecule has 0 aliphatic carbocycles. The lowest BCUT2D eigenvalue weighted by Gasteiger charge is -2.24. The molecule has 1 aromatic heterocycles. The van der Waals surface area contributed by atoms with Gasteiger partial charge in [-0.05, 0) is 24.1 Å². The van der Waals surface area contributed by atoms with Crippen molar-refractivity contribution in [2.45, 2.75) is 20.4 Å². The summed E-state index contributed by atoms with van der Waals surface area (Å²) in [5.41, 5.74) is 1.71. The SMILES string of the molecule is COC(=O)c1ccc(NC(=O)N(Cc2cnn(C)c2)CC(C)C)cc1Cl. The number of aromatic nitrogens is 2. The second-order valence-electron chi connectivity index (χ2n) is 6.41. The normalized spacial score (nSPS) is 10.7. The van der Waals surface area contributed by atoms with Crippen LogP contribution in [0.25, 0.3) is 0 Å². The van der Waals surface area contributed by atoms with E-state index in [0.29, 0.717) is 24.7 Å². The van der Waals surface area contributed by atoms with Crippen molar-refractivity contribution in [1.82, 2.24) is 14.7 Å². The first kappa shape index (κ1) is 19.8. The summed E-state index contributed by atoms with van der Waals surface area (Å²) in [4.78, 5) is 26.0. The van der Waals surface area contributed by atoms with E-state index in [-0.39, 0.29) is 16.6 Å². The summed E-state index contributed by atoms with van der Waals surface area (Å²) in [7, 11) is 3.12. The van der Waals surface area contributed by atoms with Crippen LogP contribution in [0.2, 0.25) is 5.02 Å². The summed E-state index contributed by atoms with van der Waals surface area (Å²) in [6.07, 6.45) is 3.62. The third kappa shape index (κ3) is 5.23. The van der Waals surface area contributed by atoms with Gasteiger partial charge in [-0.2, -0.15) is 5.10 Å². The van der Waals surface area contributed by atoms with Crippen molar-refractivity contribution >= 4 is 29.3 Å². The molecule has 0 saturated heterocycles. The van der Waals surface area contributed by atoms with E-state index in [1.165, 1.54) is 19.2 Å². The maximum Gasteiger partial charge on any atom is 0.339 e. The first-order valence-electron chi connectivity index (χ1n) is 8.21. The van der Waals surface area contributed by atoms with Crippen molar-refractivity contribution in [2.24, 2.45) is 13.0 Å². The molecule has 0 unspecified atom stereocenters. The van der Waals surface area contributed by atoms with Crippen molar-refractivity contribution in [3.63, 3.8) is 0 Å². The van der Waals surface area contributed by atoms with Gasteiger partial charge in [-0.3, -0.25) is 4.68 Å². The molecule has 140 valence electrons. The molecule has 1 aromatic carbocycles. The fourth-order valence-electron chi connectivity index (χ4n) is 2.50. The fraction of sp³-hybridized carbons (Fsp3) is 0.389. The smallest absolute Gasteiger partial charge is 0.339 e. The number of benzene rings is 1. The largest absolute Gasteiger partial charge is 0.465 e. The number of methoxy groups -OCH3 is 1. The van der Waals surface area contributed by atoms with Gasteiger partial charge in [0.2, 0.25) is 0 Å². The number of halogens is 1. The van der Waals surface area contributed by atoms with Crippen LogP contribution in [0.3, 0.4) is 0 Å². The van der Waals surface area contributed by atoms with Crippen LogP contribution in [-0.4, -0.2) is 40.3 Å². The number of amides is 2. The number of esters is 1. The number of nitrogens with one attached hydrogen (secondary N) is 1. The number of aryl methyl sites for hydroxylation is 1. The fourth-order valence-corrected chi connectivity index (χ4v) is 2.76. The van der Waals surface area contributed by atoms with Crippen LogP contribution >= 0.6 is 11.6 Å². The summed E-state index contributed by atoms with van der Waals surface area (Å²) in [5, 5.41) is 7.18. The third-order valence-corrected chi connectivity index (χ3v) is 3.94. The molecule has 0 atom stereocenters. The van der Waals surface area contributed by atoms with Gasteiger partial charge in [0, 0.05) is 31.0 Å². The molecule has 0 radical (unpaired) electrons. The van der Waals surface area contributed by atoms with E-state index >= 15 is 0 Å². The van der Waals surface area contributed by atoms with Gasteiger partial charge in [-0.1, -0.05) is 25.4 Å². The lowest BCUT2D eigenvalue weighted by molar-refractivity contribution is 0.0601. The molecule has 26 heavy (non-hydrogen) atoms. The molecule has 0 spiro atoms. The minimum Gasteiger partial charge on any atom is -0.465 e. The summed E-state index contributed by atoms with van der Waals surface area (Å²) >= 11 is 6.11. The molecule has 0 aliphatic heterocycles. The molecule has 0 aliphatic rings. The Balaban J connectivity index is 2.13. The van der Waals surface area contributed by atoms with Gasteiger partial charge in [0.15, 0.2) is 0 Å². The van der Waals surface area contributed by atoms with Crippen molar-refractivity contribution in [1.29, 1.82) is 0 Å². The van der Waals surface area contributed by atoms with Crippen LogP contribution in [-0.2, 0) is 18.3 Å². The molecule has 0 saturated carbocycles. The van der Waals surface area contributed by atoms with E-state index in [4.69, 9.17) is 11.6 Å². The van der Waals surface area contributed by atoms with Crippen LogP contribution in [0.1, 0.15) is 29.8 Å². The Kier molecular flexibility index (Phi) is 6.63. The van der Waals surface area contributed by atoms with Crippen LogP contribution < -0.4 is 5.32 Å². The Morgan fingerprint density at radius 2 is 2.12 bits per heavy atom. The Hall–Kier alpha value is -2.54. The minimum atomic E-state index is -0.522. The highest BCUT2D eigenvalue weighted by Gasteiger charge is 2.18. The first-order valence-corrected chi connectivity index (χ1v) is 8.59. The Labute approximate surface area is 157 Å². The van der Waals surface area contributed by atoms with E-state index in [1.807, 2.05) is 27.1 Å². The van der Waals surface area contributed by atoms with Gasteiger partial charge < -0.3 is 15.0 Å². The topological polar surface area (TPSA) is 76.5 Å². The second-order valence-corrected chi connectivity index (χ2v) is 6.82. The van der Waals surface area contributed by atoms with Gasteiger partial charge in [-0.15, -0.1) is 0 Å². The van der Waals surface area contributed by atoms with Crippen LogP contribution in [0.5, 0.6) is 0 Å². The van der Waals surface area contributed by atoms with E-state index in [9.17, 15) is 9.59 Å². The Morgan fingerprint density at radius 3 is 2.65 bits per heavy atom. The minimum absolute atomic E-state index is 0.220. The molecule has 0 bridgehead atoms. The Bertz CT molecular complexity index is 788. The zero-order chi connectivity index (χ0) is 19.3. The third-order valence-electron chi connectivity index (χ3n) is 3.63. The van der Waals surface area contributed by atoms with E-state index in [1.54, 1.807) is 21.8 Å². The number of hydrogen-bond acceptors (Lipinski definition) is 4.